The zero-order valence-electron chi connectivity index (χ0n) is 13.6. The lowest BCUT2D eigenvalue weighted by molar-refractivity contribution is 0.0531. The first-order valence-electron chi connectivity index (χ1n) is 8.22. The fraction of sp³-hybridized carbons (Fsp3) is 0.588. The highest BCUT2D eigenvalue weighted by atomic mass is 16.5. The molecule has 2 rings (SSSR count). The number of amides is 1. The predicted octanol–water partition coefficient (Wildman–Crippen LogP) is 2.44. The van der Waals surface area contributed by atoms with E-state index in [2.05, 4.69) is 23.3 Å². The van der Waals surface area contributed by atoms with Crippen molar-refractivity contribution < 1.29 is 9.53 Å². The minimum atomic E-state index is -0.0923. The number of carbonyl (C=O) groups excluding carboxylic acids is 1. The van der Waals surface area contributed by atoms with Crippen molar-refractivity contribution in [2.24, 2.45) is 0 Å². The van der Waals surface area contributed by atoms with E-state index in [4.69, 9.17) is 10.00 Å². The van der Waals surface area contributed by atoms with Gasteiger partial charge in [-0.15, -0.1) is 0 Å². The fourth-order valence-electron chi connectivity index (χ4n) is 2.56. The Labute approximate surface area is 137 Å². The number of carbonyl (C=O) groups is 1. The van der Waals surface area contributed by atoms with Gasteiger partial charge in [0.05, 0.1) is 24.2 Å². The van der Waals surface area contributed by atoms with Gasteiger partial charge in [-0.3, -0.25) is 4.79 Å². The maximum atomic E-state index is 12.7. The van der Waals surface area contributed by atoms with Crippen LogP contribution < -0.4 is 5.32 Å². The maximum absolute atomic E-state index is 12.7. The Bertz CT molecular complexity index is 533. The third-order valence-electron chi connectivity index (χ3n) is 3.80. The first-order valence-corrected chi connectivity index (χ1v) is 8.22. The van der Waals surface area contributed by atoms with Crippen LogP contribution >= 0.6 is 0 Å². The molecular weight excluding hydrogens is 292 g/mol. The van der Waals surface area contributed by atoms with E-state index in [1.54, 1.807) is 17.2 Å². The zero-order chi connectivity index (χ0) is 16.5. The lowest BCUT2D eigenvalue weighted by Gasteiger charge is -2.24. The summed E-state index contributed by atoms with van der Waals surface area (Å²) in [6.07, 6.45) is 5.01. The molecule has 1 saturated heterocycles. The van der Waals surface area contributed by atoms with Gasteiger partial charge >= 0.3 is 0 Å². The topological polar surface area (TPSA) is 78.2 Å². The second-order valence-corrected chi connectivity index (χ2v) is 5.65. The normalized spacial score (nSPS) is 16.8. The van der Waals surface area contributed by atoms with Crippen LogP contribution in [0.2, 0.25) is 0 Å². The van der Waals surface area contributed by atoms with Gasteiger partial charge in [0.1, 0.15) is 5.82 Å². The first-order chi connectivity index (χ1) is 11.2. The molecule has 0 aromatic carbocycles. The number of rotatable bonds is 8. The van der Waals surface area contributed by atoms with Gasteiger partial charge in [-0.1, -0.05) is 6.92 Å². The highest BCUT2D eigenvalue weighted by molar-refractivity contribution is 5.94. The summed E-state index contributed by atoms with van der Waals surface area (Å²) in [6, 6.07) is 5.70. The van der Waals surface area contributed by atoms with Crippen molar-refractivity contribution in [2.45, 2.75) is 38.7 Å². The molecule has 1 N–H and O–H groups in total. The number of hydrogen-bond acceptors (Lipinski definition) is 5. The first kappa shape index (κ1) is 17.2. The smallest absolute Gasteiger partial charge is 0.255 e. The summed E-state index contributed by atoms with van der Waals surface area (Å²) in [6.45, 7) is 4.66. The Morgan fingerprint density at radius 3 is 3.04 bits per heavy atom. The molecule has 23 heavy (non-hydrogen) atoms. The molecule has 0 bridgehead atoms. The molecule has 0 radical (unpaired) electrons. The quantitative estimate of drug-likeness (QED) is 0.797. The number of nitrogens with zero attached hydrogens (tertiary/aromatic N) is 3. The molecule has 1 atom stereocenters. The van der Waals surface area contributed by atoms with Crippen molar-refractivity contribution in [3.8, 4) is 6.07 Å². The van der Waals surface area contributed by atoms with Crippen LogP contribution in [0.3, 0.4) is 0 Å². The van der Waals surface area contributed by atoms with Crippen molar-refractivity contribution in [1.82, 2.24) is 9.88 Å². The Morgan fingerprint density at radius 2 is 2.43 bits per heavy atom. The number of nitriles is 1. The number of pyridine rings is 1. The van der Waals surface area contributed by atoms with Crippen molar-refractivity contribution in [2.75, 3.05) is 31.6 Å². The second kappa shape index (κ2) is 9.11. The maximum Gasteiger partial charge on any atom is 0.255 e. The average molecular weight is 316 g/mol. The molecular formula is C17H24N4O2. The minimum Gasteiger partial charge on any atom is -0.376 e. The Kier molecular flexibility index (Phi) is 6.82. The zero-order valence-corrected chi connectivity index (χ0v) is 13.6. The fourth-order valence-corrected chi connectivity index (χ4v) is 2.56. The number of hydrogen-bond donors (Lipinski definition) is 1. The average Bonchev–Trinajstić information content (AvgIpc) is 3.09. The molecule has 1 aliphatic rings. The lowest BCUT2D eigenvalue weighted by atomic mass is 10.2. The van der Waals surface area contributed by atoms with Crippen LogP contribution in [0.1, 0.15) is 43.0 Å². The summed E-state index contributed by atoms with van der Waals surface area (Å²) < 4.78 is 5.61. The molecule has 124 valence electrons. The SMILES string of the molecule is CCCNc1ccc(C(=O)N(CCC#N)CC2CCCO2)cn1. The van der Waals surface area contributed by atoms with Crippen LogP contribution in [0.15, 0.2) is 18.3 Å². The van der Waals surface area contributed by atoms with Gasteiger partial charge in [0, 0.05) is 32.4 Å². The van der Waals surface area contributed by atoms with Crippen LogP contribution in [-0.4, -0.2) is 48.1 Å². The number of nitrogens with one attached hydrogen (secondary N) is 1. The molecule has 6 nitrogen and oxygen atoms in total. The largest absolute Gasteiger partial charge is 0.376 e. The van der Waals surface area contributed by atoms with Gasteiger partial charge in [0.15, 0.2) is 0 Å². The Hall–Kier alpha value is -2.13. The summed E-state index contributed by atoms with van der Waals surface area (Å²) in [4.78, 5) is 18.6. The standard InChI is InChI=1S/C17H24N4O2/c1-2-9-19-16-7-6-14(12-20-16)17(22)21(10-4-8-18)13-15-5-3-11-23-15/h6-7,12,15H,2-5,9-11,13H2,1H3,(H,19,20). The molecule has 0 saturated carbocycles. The van der Waals surface area contributed by atoms with Gasteiger partial charge in [-0.25, -0.2) is 4.98 Å². The molecule has 2 heterocycles. The van der Waals surface area contributed by atoms with Gasteiger partial charge in [-0.2, -0.15) is 5.26 Å². The molecule has 1 aromatic heterocycles. The Balaban J connectivity index is 2.01. The molecule has 0 aliphatic carbocycles. The number of aromatic nitrogens is 1. The van der Waals surface area contributed by atoms with Crippen molar-refractivity contribution >= 4 is 11.7 Å². The van der Waals surface area contributed by atoms with Crippen LogP contribution in [-0.2, 0) is 4.74 Å². The van der Waals surface area contributed by atoms with E-state index < -0.39 is 0 Å². The second-order valence-electron chi connectivity index (χ2n) is 5.65. The summed E-state index contributed by atoms with van der Waals surface area (Å²) >= 11 is 0. The molecule has 1 aliphatic heterocycles. The van der Waals surface area contributed by atoms with Crippen molar-refractivity contribution in [3.05, 3.63) is 23.9 Å². The van der Waals surface area contributed by atoms with Crippen LogP contribution in [0.25, 0.3) is 0 Å². The van der Waals surface area contributed by atoms with E-state index in [0.717, 1.165) is 38.2 Å². The molecule has 0 spiro atoms. The van der Waals surface area contributed by atoms with Gasteiger partial charge in [-0.05, 0) is 31.4 Å². The summed E-state index contributed by atoms with van der Waals surface area (Å²) in [7, 11) is 0. The molecule has 1 aromatic rings. The highest BCUT2D eigenvalue weighted by Gasteiger charge is 2.23. The number of ether oxygens (including phenoxy) is 1. The number of anilines is 1. The third-order valence-corrected chi connectivity index (χ3v) is 3.80. The summed E-state index contributed by atoms with van der Waals surface area (Å²) in [5.41, 5.74) is 0.544. The van der Waals surface area contributed by atoms with Gasteiger partial charge in [0.2, 0.25) is 0 Å². The Morgan fingerprint density at radius 1 is 1.57 bits per heavy atom. The summed E-state index contributed by atoms with van der Waals surface area (Å²) in [5, 5.41) is 12.0. The van der Waals surface area contributed by atoms with Crippen LogP contribution in [0.4, 0.5) is 5.82 Å². The van der Waals surface area contributed by atoms with E-state index in [0.29, 0.717) is 25.1 Å². The summed E-state index contributed by atoms with van der Waals surface area (Å²) in [5.74, 6) is 0.677. The van der Waals surface area contributed by atoms with Crippen LogP contribution in [0.5, 0.6) is 0 Å². The minimum absolute atomic E-state index is 0.0797. The molecule has 1 fully saturated rings. The van der Waals surface area contributed by atoms with Crippen LogP contribution in [0, 0.1) is 11.3 Å². The van der Waals surface area contributed by atoms with Gasteiger partial charge < -0.3 is 15.0 Å². The van der Waals surface area contributed by atoms with Gasteiger partial charge in [0.25, 0.3) is 5.91 Å². The lowest BCUT2D eigenvalue weighted by Crippen LogP contribution is -2.38. The van der Waals surface area contributed by atoms with E-state index >= 15 is 0 Å². The third kappa shape index (κ3) is 5.22. The van der Waals surface area contributed by atoms with Crippen molar-refractivity contribution in [1.29, 1.82) is 5.26 Å². The van der Waals surface area contributed by atoms with Crippen molar-refractivity contribution in [3.63, 3.8) is 0 Å². The highest BCUT2D eigenvalue weighted by Crippen LogP contribution is 2.16. The molecule has 6 heteroatoms. The molecule has 1 amide bonds. The molecule has 1 unspecified atom stereocenters. The predicted molar refractivity (Wildman–Crippen MR) is 88.1 cm³/mol. The van der Waals surface area contributed by atoms with E-state index in [1.807, 2.05) is 6.07 Å². The van der Waals surface area contributed by atoms with E-state index in [-0.39, 0.29) is 12.0 Å². The monoisotopic (exact) mass is 316 g/mol. The van der Waals surface area contributed by atoms with E-state index in [1.165, 1.54) is 0 Å². The van der Waals surface area contributed by atoms with E-state index in [9.17, 15) is 4.79 Å².